The number of amides is 1. The molecule has 1 amide bonds. The number of carboxylic acid groups (broad SMARTS) is 1. The average Bonchev–Trinajstić information content (AvgIpc) is 3.55. The SMILES string of the molecule is C=C(OO)n1c(=C2SC(=S)N(CC(=O)O)C2=O)sc(=CC=Cc2ccc(N(c3ccc(N(C)C)cc3)c3ccc(N(C)C)cc3)cc2)c1=O. The van der Waals surface area contributed by atoms with Crippen molar-refractivity contribution in [2.75, 3.05) is 49.4 Å². The van der Waals surface area contributed by atoms with Crippen LogP contribution >= 0.6 is 35.3 Å². The van der Waals surface area contributed by atoms with E-state index in [9.17, 15) is 24.7 Å². The van der Waals surface area contributed by atoms with Crippen molar-refractivity contribution in [3.63, 3.8) is 0 Å². The highest BCUT2D eigenvalue weighted by molar-refractivity contribution is 8.30. The summed E-state index contributed by atoms with van der Waals surface area (Å²) in [6.45, 7) is 2.94. The van der Waals surface area contributed by atoms with Gasteiger partial charge in [0.15, 0.2) is 0 Å². The number of benzene rings is 3. The third-order valence-corrected chi connectivity index (χ3v) is 10.1. The van der Waals surface area contributed by atoms with Gasteiger partial charge in [-0.1, -0.05) is 48.3 Å². The fourth-order valence-corrected chi connectivity index (χ4v) is 7.39. The number of carbonyl (C=O) groups is 2. The molecule has 0 aliphatic carbocycles. The Morgan fingerprint density at radius 3 is 1.84 bits per heavy atom. The largest absolute Gasteiger partial charge is 0.480 e. The molecule has 3 aromatic carbocycles. The number of hydrogen-bond donors (Lipinski definition) is 2. The van der Waals surface area contributed by atoms with Gasteiger partial charge < -0.3 is 24.7 Å². The summed E-state index contributed by atoms with van der Waals surface area (Å²) in [4.78, 5) is 49.1. The van der Waals surface area contributed by atoms with Crippen LogP contribution in [0.25, 0.3) is 22.9 Å². The topological polar surface area (TPSA) is 119 Å². The first kappa shape index (κ1) is 35.2. The first-order valence-electron chi connectivity index (χ1n) is 14.7. The van der Waals surface area contributed by atoms with Gasteiger partial charge >= 0.3 is 5.97 Å². The predicted molar refractivity (Wildman–Crippen MR) is 203 cm³/mol. The summed E-state index contributed by atoms with van der Waals surface area (Å²) in [6, 6.07) is 24.6. The van der Waals surface area contributed by atoms with Crippen LogP contribution in [0.1, 0.15) is 5.56 Å². The number of carbonyl (C=O) groups excluding carboxylic acids is 1. The molecular formula is C35H33N5O6S3. The minimum absolute atomic E-state index is 0.0306. The lowest BCUT2D eigenvalue weighted by molar-refractivity contribution is -0.176. The van der Waals surface area contributed by atoms with Gasteiger partial charge in [-0.3, -0.25) is 19.3 Å². The van der Waals surface area contributed by atoms with Gasteiger partial charge in [-0.05, 0) is 78.9 Å². The van der Waals surface area contributed by atoms with Crippen molar-refractivity contribution in [3.8, 4) is 0 Å². The summed E-state index contributed by atoms with van der Waals surface area (Å²) in [5, 5.41) is 18.5. The van der Waals surface area contributed by atoms with Crippen molar-refractivity contribution < 1.29 is 24.8 Å². The molecule has 0 unspecified atom stereocenters. The third kappa shape index (κ3) is 7.62. The van der Waals surface area contributed by atoms with E-state index in [0.29, 0.717) is 0 Å². The molecule has 2 heterocycles. The Kier molecular flexibility index (Phi) is 10.7. The Morgan fingerprint density at radius 2 is 1.37 bits per heavy atom. The van der Waals surface area contributed by atoms with Crippen molar-refractivity contribution in [2.24, 2.45) is 0 Å². The molecule has 1 aliphatic rings. The standard InChI is InChI=1S/C35H33N5O6S3/c1-22(46-45)39-32(43)29(48-34(39)31-33(44)38(21-30(41)42)35(47)49-31)8-6-7-23-9-11-26(12-10-23)40(27-17-13-24(14-18-27)36(2)3)28-19-15-25(16-20-28)37(4)5/h6-20,45H,1,21H2,2-5H3,(H,41,42). The Labute approximate surface area is 296 Å². The second kappa shape index (κ2) is 15.0. The quantitative estimate of drug-likeness (QED) is 0.0948. The van der Waals surface area contributed by atoms with Gasteiger partial charge in [0.25, 0.3) is 11.5 Å². The summed E-state index contributed by atoms with van der Waals surface area (Å²) in [5.41, 5.74) is 5.43. The Morgan fingerprint density at radius 1 is 0.878 bits per heavy atom. The molecule has 0 saturated carbocycles. The summed E-state index contributed by atoms with van der Waals surface area (Å²) in [7, 11) is 8.02. The van der Waals surface area contributed by atoms with Gasteiger partial charge in [-0.15, -0.1) is 11.3 Å². The first-order chi connectivity index (χ1) is 23.4. The lowest BCUT2D eigenvalue weighted by atomic mass is 10.1. The molecule has 252 valence electrons. The van der Waals surface area contributed by atoms with E-state index in [1.54, 1.807) is 12.2 Å². The molecule has 0 spiro atoms. The minimum Gasteiger partial charge on any atom is -0.480 e. The van der Waals surface area contributed by atoms with Crippen LogP contribution in [0, 0.1) is 0 Å². The van der Waals surface area contributed by atoms with E-state index >= 15 is 0 Å². The zero-order valence-corrected chi connectivity index (χ0v) is 29.5. The van der Waals surface area contributed by atoms with E-state index in [4.69, 9.17) is 12.2 Å². The number of thiocarbonyl (C=S) groups is 1. The van der Waals surface area contributed by atoms with Gasteiger partial charge in [0, 0.05) is 56.6 Å². The highest BCUT2D eigenvalue weighted by Gasteiger charge is 2.35. The number of aliphatic carboxylic acids is 1. The third-order valence-electron chi connectivity index (χ3n) is 7.45. The Hall–Kier alpha value is -5.15. The maximum atomic E-state index is 13.3. The lowest BCUT2D eigenvalue weighted by Crippen LogP contribution is -2.35. The molecule has 2 N–H and O–H groups in total. The summed E-state index contributed by atoms with van der Waals surface area (Å²) in [6.07, 6.45) is 5.11. The van der Waals surface area contributed by atoms with Crippen molar-refractivity contribution in [1.82, 2.24) is 9.47 Å². The van der Waals surface area contributed by atoms with Crippen LogP contribution in [-0.4, -0.2) is 70.8 Å². The van der Waals surface area contributed by atoms with Crippen LogP contribution in [-0.2, 0) is 14.5 Å². The van der Waals surface area contributed by atoms with Crippen LogP contribution in [0.4, 0.5) is 28.4 Å². The number of rotatable bonds is 11. The molecule has 4 aromatic rings. The second-order valence-corrected chi connectivity index (χ2v) is 13.8. The molecular weight excluding hydrogens is 683 g/mol. The number of aromatic nitrogens is 1. The van der Waals surface area contributed by atoms with E-state index in [1.807, 2.05) is 58.5 Å². The van der Waals surface area contributed by atoms with Gasteiger partial charge in [0.05, 0.1) is 4.53 Å². The zero-order chi connectivity index (χ0) is 35.4. The first-order valence-corrected chi connectivity index (χ1v) is 16.8. The fourth-order valence-electron chi connectivity index (χ4n) is 4.94. The molecule has 0 bridgehead atoms. The monoisotopic (exact) mass is 715 g/mol. The Bertz CT molecular complexity index is 2070. The van der Waals surface area contributed by atoms with Crippen molar-refractivity contribution in [3.05, 3.63) is 111 Å². The van der Waals surface area contributed by atoms with Crippen LogP contribution in [0.2, 0.25) is 0 Å². The van der Waals surface area contributed by atoms with E-state index in [-0.39, 0.29) is 18.4 Å². The molecule has 1 aromatic heterocycles. The van der Waals surface area contributed by atoms with Crippen molar-refractivity contribution >= 4 is 103 Å². The smallest absolute Gasteiger partial charge is 0.323 e. The van der Waals surface area contributed by atoms with Crippen LogP contribution in [0.5, 0.6) is 0 Å². The normalized spacial score (nSPS) is 14.5. The van der Waals surface area contributed by atoms with Crippen LogP contribution in [0.3, 0.4) is 0 Å². The zero-order valence-electron chi connectivity index (χ0n) is 27.1. The Balaban J connectivity index is 1.48. The van der Waals surface area contributed by atoms with E-state index < -0.39 is 29.9 Å². The number of nitrogens with zero attached hydrogens (tertiary/aromatic N) is 5. The second-order valence-electron chi connectivity index (χ2n) is 11.2. The number of carboxylic acids is 1. The van der Waals surface area contributed by atoms with E-state index in [2.05, 4.69) is 74.7 Å². The van der Waals surface area contributed by atoms with Gasteiger partial charge in [0.2, 0.25) is 5.88 Å². The molecule has 1 saturated heterocycles. The number of allylic oxidation sites excluding steroid dienone is 1. The molecule has 14 heteroatoms. The molecule has 1 fully saturated rings. The van der Waals surface area contributed by atoms with Crippen LogP contribution < -0.4 is 29.5 Å². The van der Waals surface area contributed by atoms with Gasteiger partial charge in [-0.2, -0.15) is 0 Å². The average molecular weight is 716 g/mol. The summed E-state index contributed by atoms with van der Waals surface area (Å²) >= 11 is 7.02. The highest BCUT2D eigenvalue weighted by atomic mass is 32.2. The molecule has 5 rings (SSSR count). The maximum Gasteiger partial charge on any atom is 0.323 e. The van der Waals surface area contributed by atoms with Crippen LogP contribution in [0.15, 0.2) is 90.2 Å². The molecule has 0 atom stereocenters. The van der Waals surface area contributed by atoms with E-state index in [1.165, 1.54) is 0 Å². The number of anilines is 5. The maximum absolute atomic E-state index is 13.3. The molecule has 1 aliphatic heterocycles. The molecule has 0 radical (unpaired) electrons. The van der Waals surface area contributed by atoms with Crippen molar-refractivity contribution in [1.29, 1.82) is 0 Å². The lowest BCUT2D eigenvalue weighted by Gasteiger charge is -2.27. The fraction of sp³-hybridized carbons (Fsp3) is 0.143. The minimum atomic E-state index is -1.23. The summed E-state index contributed by atoms with van der Waals surface area (Å²) < 4.78 is 1.32. The number of thiazole rings is 1. The molecule has 49 heavy (non-hydrogen) atoms. The number of thioether (sulfide) groups is 1. The predicted octanol–water partition coefficient (Wildman–Crippen LogP) is 4.98. The van der Waals surface area contributed by atoms with Gasteiger partial charge in [-0.25, -0.2) is 9.82 Å². The number of hydrogen-bond acceptors (Lipinski definition) is 11. The van der Waals surface area contributed by atoms with E-state index in [0.717, 1.165) is 66.6 Å². The summed E-state index contributed by atoms with van der Waals surface area (Å²) in [5.74, 6) is -2.32. The van der Waals surface area contributed by atoms with Crippen molar-refractivity contribution in [2.45, 2.75) is 0 Å². The molecule has 11 nitrogen and oxygen atoms in total. The highest BCUT2D eigenvalue weighted by Crippen LogP contribution is 2.36. The van der Waals surface area contributed by atoms with Gasteiger partial charge in [0.1, 0.15) is 20.4 Å².